The minimum Gasteiger partial charge on any atom is -0.414 e. The average molecular weight is 1450 g/mol. The normalized spacial score (nSPS) is 19.7. The third-order valence-corrected chi connectivity index (χ3v) is 35.8. The van der Waals surface area contributed by atoms with E-state index >= 15 is 0 Å². The van der Waals surface area contributed by atoms with Crippen molar-refractivity contribution in [3.8, 4) is 0 Å². The van der Waals surface area contributed by atoms with Crippen LogP contribution in [0, 0.1) is 41.5 Å². The fourth-order valence-electron chi connectivity index (χ4n) is 9.50. The molecule has 11 nitrogen and oxygen atoms in total. The zero-order chi connectivity index (χ0) is 63.5. The van der Waals surface area contributed by atoms with Crippen molar-refractivity contribution in [3.05, 3.63) is 83.2 Å². The first-order valence-corrected chi connectivity index (χ1v) is 44.9. The Morgan fingerprint density at radius 3 is 1.11 bits per heavy atom. The van der Waals surface area contributed by atoms with E-state index in [4.69, 9.17) is 19.0 Å². The van der Waals surface area contributed by atoms with Crippen LogP contribution in [0.1, 0.15) is 173 Å². The van der Waals surface area contributed by atoms with Crippen molar-refractivity contribution in [1.82, 2.24) is 0 Å². The Kier molecular flexibility index (Phi) is 29.5. The molecule has 0 aromatic heterocycles. The SMILES string of the molecule is CC(C)(C)[Si](C)(C)OC1CCC(=O)CC1.CS(=O)(=O)Cl.Cc1cc(N(C2CCC(O[Si](C)(C)C(C)(C)C)CC2)S(C)(=O)=O)cc(C)c1Br.Cc1cc(N)cc(C)c1Br.Cc1cc(NC2CCC(O[Si](C)(C)C(C)(C)C)CC2)cc(C)c1Br. The quantitative estimate of drug-likeness (QED) is 0.108. The molecule has 3 N–H and O–H groups in total. The molecule has 3 aliphatic rings. The van der Waals surface area contributed by atoms with Crippen LogP contribution in [0.15, 0.2) is 49.8 Å². The van der Waals surface area contributed by atoms with Crippen molar-refractivity contribution in [2.75, 3.05) is 27.9 Å². The van der Waals surface area contributed by atoms with E-state index in [1.165, 1.54) is 64.4 Å². The van der Waals surface area contributed by atoms with Crippen LogP contribution in [-0.4, -0.2) is 90.5 Å². The number of halogens is 4. The molecule has 3 aliphatic carbocycles. The van der Waals surface area contributed by atoms with E-state index in [0.717, 1.165) is 89.1 Å². The average Bonchev–Trinajstić information content (AvgIpc) is 3.52. The van der Waals surface area contributed by atoms with Crippen LogP contribution in [0.25, 0.3) is 0 Å². The van der Waals surface area contributed by atoms with Gasteiger partial charge in [-0.05, 0) is 230 Å². The van der Waals surface area contributed by atoms with Gasteiger partial charge in [-0.1, -0.05) is 110 Å². The van der Waals surface area contributed by atoms with Crippen molar-refractivity contribution >= 4 is 125 Å². The zero-order valence-corrected chi connectivity index (χ0v) is 64.6. The number of aryl methyl sites for hydroxylation is 6. The molecule has 470 valence electrons. The lowest BCUT2D eigenvalue weighted by atomic mass is 9.93. The number of rotatable bonds is 11. The minimum atomic E-state index is -3.35. The number of carbonyl (C=O) groups is 1. The summed E-state index contributed by atoms with van der Waals surface area (Å²) in [6.07, 6.45) is 14.9. The first-order chi connectivity index (χ1) is 37.0. The third kappa shape index (κ3) is 25.5. The number of hydrogen-bond donors (Lipinski definition) is 2. The summed E-state index contributed by atoms with van der Waals surface area (Å²) in [4.78, 5) is 11.1. The molecule has 0 unspecified atom stereocenters. The van der Waals surface area contributed by atoms with Gasteiger partial charge in [0.25, 0.3) is 0 Å². The van der Waals surface area contributed by atoms with Gasteiger partial charge in [-0.15, -0.1) is 0 Å². The van der Waals surface area contributed by atoms with Crippen molar-refractivity contribution in [3.63, 3.8) is 0 Å². The summed E-state index contributed by atoms with van der Waals surface area (Å²) in [5, 5.41) is 4.50. The number of hydrogen-bond acceptors (Lipinski definition) is 10. The smallest absolute Gasteiger partial charge is 0.232 e. The van der Waals surface area contributed by atoms with E-state index in [2.05, 4.69) is 191 Å². The first kappa shape index (κ1) is 77.0. The van der Waals surface area contributed by atoms with Crippen molar-refractivity contribution in [1.29, 1.82) is 0 Å². The Hall–Kier alpha value is -1.11. The van der Waals surface area contributed by atoms with Crippen molar-refractivity contribution < 1.29 is 34.9 Å². The minimum absolute atomic E-state index is 0.00533. The second-order valence-corrected chi connectivity index (χ2v) is 49.5. The molecule has 0 amide bonds. The largest absolute Gasteiger partial charge is 0.414 e. The van der Waals surface area contributed by atoms with Gasteiger partial charge in [-0.25, -0.2) is 16.8 Å². The Bertz CT molecular complexity index is 2720. The number of sulfonamides is 1. The highest BCUT2D eigenvalue weighted by Gasteiger charge is 2.43. The molecule has 0 bridgehead atoms. The molecule has 6 rings (SSSR count). The number of carbonyl (C=O) groups excluding carboxylic acids is 1. The number of benzene rings is 3. The molecule has 0 radical (unpaired) electrons. The van der Waals surface area contributed by atoms with Crippen LogP contribution in [-0.2, 0) is 37.1 Å². The maximum absolute atomic E-state index is 12.7. The standard InChI is InChI=1S/C21H36BrNO3SSi.C20H34BrNOSi.C12H24O2Si.C8H10BrN.CH3ClO2S/c1-15-13-18(14-16(2)20(15)22)23(27(6,24)25)17-9-11-19(12-10-17)26-28(7,8)21(3,4)5;1-14-12-17(13-15(2)19(14)21)22-16-8-10-18(11-9-16)23-24(6,7)20(3,4)5;1-12(2,3)15(4,5)14-11-8-6-10(13)7-9-11;1-5-3-7(10)4-6(2)8(5)9;1-5(2,3)4/h13-14,17,19H,9-12H2,1-8H3;12-13,16,18,22H,8-11H2,1-7H3;11H,6-9H2,1-5H3;3-4H,10H2,1-2H3;1H3. The first-order valence-electron chi connectivity index (χ1n) is 29.2. The van der Waals surface area contributed by atoms with E-state index < -0.39 is 44.0 Å². The lowest BCUT2D eigenvalue weighted by Crippen LogP contribution is -2.47. The Balaban J connectivity index is 0.000000383. The second-order valence-electron chi connectivity index (χ2n) is 27.9. The molecule has 20 heteroatoms. The van der Waals surface area contributed by atoms with Crippen LogP contribution in [0.5, 0.6) is 0 Å². The van der Waals surface area contributed by atoms with Gasteiger partial charge >= 0.3 is 0 Å². The summed E-state index contributed by atoms with van der Waals surface area (Å²) in [6.45, 7) is 46.8. The van der Waals surface area contributed by atoms with Gasteiger partial charge in [0.15, 0.2) is 25.0 Å². The number of ketones is 1. The molecular weight excluding hydrogens is 1340 g/mol. The van der Waals surface area contributed by atoms with Crippen LogP contribution >= 0.6 is 58.5 Å². The van der Waals surface area contributed by atoms with Gasteiger partial charge in [0.1, 0.15) is 5.78 Å². The fourth-order valence-corrected chi connectivity index (χ4v) is 15.7. The topological polar surface area (TPSA) is 154 Å². The van der Waals surface area contributed by atoms with Gasteiger partial charge in [0.2, 0.25) is 19.1 Å². The summed E-state index contributed by atoms with van der Waals surface area (Å²) < 4.78 is 68.7. The molecule has 3 fully saturated rings. The number of nitrogens with one attached hydrogen (secondary N) is 1. The molecular formula is C62H107Br3ClN3O8S2Si3. The van der Waals surface area contributed by atoms with Gasteiger partial charge < -0.3 is 24.3 Å². The van der Waals surface area contributed by atoms with Crippen LogP contribution in [0.3, 0.4) is 0 Å². The molecule has 3 aromatic carbocycles. The number of nitrogens with zero attached hydrogens (tertiary/aromatic N) is 1. The van der Waals surface area contributed by atoms with Crippen LogP contribution in [0.4, 0.5) is 17.1 Å². The lowest BCUT2D eigenvalue weighted by molar-refractivity contribution is -0.121. The predicted molar refractivity (Wildman–Crippen MR) is 371 cm³/mol. The number of Topliss-reactive ketones (excluding diaryl/α,β-unsaturated/α-hetero) is 1. The highest BCUT2D eigenvalue weighted by atomic mass is 79.9. The monoisotopic (exact) mass is 1440 g/mol. The molecule has 0 aliphatic heterocycles. The number of anilines is 3. The van der Waals surface area contributed by atoms with E-state index in [1.54, 1.807) is 4.31 Å². The van der Waals surface area contributed by atoms with Crippen LogP contribution < -0.4 is 15.4 Å². The second kappa shape index (κ2) is 31.4. The predicted octanol–water partition coefficient (Wildman–Crippen LogP) is 19.3. The molecule has 3 saturated carbocycles. The van der Waals surface area contributed by atoms with E-state index in [9.17, 15) is 21.6 Å². The molecule has 82 heavy (non-hydrogen) atoms. The maximum Gasteiger partial charge on any atom is 0.232 e. The molecule has 0 saturated heterocycles. The van der Waals surface area contributed by atoms with Gasteiger partial charge in [0.05, 0.1) is 18.2 Å². The summed E-state index contributed by atoms with van der Waals surface area (Å²) >= 11 is 10.7. The van der Waals surface area contributed by atoms with E-state index in [1.807, 2.05) is 52.0 Å². The molecule has 3 aromatic rings. The van der Waals surface area contributed by atoms with Crippen molar-refractivity contribution in [2.45, 2.75) is 266 Å². The van der Waals surface area contributed by atoms with Gasteiger partial charge in [-0.2, -0.15) is 0 Å². The summed E-state index contributed by atoms with van der Waals surface area (Å²) in [5.41, 5.74) is 15.6. The molecule has 0 spiro atoms. The van der Waals surface area contributed by atoms with Gasteiger partial charge in [-0.3, -0.25) is 9.10 Å². The highest BCUT2D eigenvalue weighted by Crippen LogP contribution is 2.43. The molecule has 0 heterocycles. The summed E-state index contributed by atoms with van der Waals surface area (Å²) in [6, 6.07) is 12.9. The third-order valence-electron chi connectivity index (χ3n) is 17.2. The Morgan fingerprint density at radius 2 is 0.805 bits per heavy atom. The van der Waals surface area contributed by atoms with Crippen molar-refractivity contribution in [2.24, 2.45) is 0 Å². The fraction of sp³-hybridized carbons (Fsp3) is 0.694. The lowest BCUT2D eigenvalue weighted by Gasteiger charge is -2.42. The molecule has 0 atom stereocenters. The van der Waals surface area contributed by atoms with E-state index in [0.29, 0.717) is 29.1 Å². The van der Waals surface area contributed by atoms with E-state index in [-0.39, 0.29) is 22.2 Å². The summed E-state index contributed by atoms with van der Waals surface area (Å²) in [5.74, 6) is 0.407. The number of nitrogen functional groups attached to an aromatic ring is 1. The maximum atomic E-state index is 12.7. The Morgan fingerprint density at radius 1 is 0.524 bits per heavy atom. The Labute approximate surface area is 532 Å². The van der Waals surface area contributed by atoms with Gasteiger partial charge in [0, 0.05) is 78.7 Å². The zero-order valence-electron chi connectivity index (χ0n) is 54.5. The summed E-state index contributed by atoms with van der Waals surface area (Å²) in [7, 11) is -7.11. The number of nitrogens with two attached hydrogens (primary N) is 1. The van der Waals surface area contributed by atoms with Crippen LogP contribution in [0.2, 0.25) is 54.4 Å². The highest BCUT2D eigenvalue weighted by molar-refractivity contribution is 9.11.